The van der Waals surface area contributed by atoms with Gasteiger partial charge < -0.3 is 10.6 Å². The van der Waals surface area contributed by atoms with Crippen LogP contribution in [0.4, 0.5) is 11.5 Å². The Kier molecular flexibility index (Phi) is 5.27. The summed E-state index contributed by atoms with van der Waals surface area (Å²) in [6.45, 7) is 4.87. The van der Waals surface area contributed by atoms with Crippen molar-refractivity contribution in [2.75, 3.05) is 17.2 Å². The Balaban J connectivity index is 2.06. The van der Waals surface area contributed by atoms with Crippen LogP contribution in [-0.4, -0.2) is 22.4 Å². The van der Waals surface area contributed by atoms with Crippen molar-refractivity contribution in [3.05, 3.63) is 46.3 Å². The molecule has 5 nitrogen and oxygen atoms in total. The lowest BCUT2D eigenvalue weighted by Crippen LogP contribution is -2.14. The zero-order valence-corrected chi connectivity index (χ0v) is 13.6. The average molecular weight is 349 g/mol. The van der Waals surface area contributed by atoms with E-state index in [2.05, 4.69) is 43.5 Å². The van der Waals surface area contributed by atoms with E-state index >= 15 is 0 Å². The molecule has 0 spiro atoms. The van der Waals surface area contributed by atoms with E-state index in [0.717, 1.165) is 28.7 Å². The van der Waals surface area contributed by atoms with Crippen LogP contribution >= 0.6 is 15.9 Å². The number of hydrogen-bond acceptors (Lipinski definition) is 4. The standard InChI is InChI=1S/C15H17BrN4O/c1-3-4-17-14-9-18-13(8-19-14)15(21)20-12-6-10(2)5-11(16)7-12/h5-9H,3-4H2,1-2H3,(H,17,19)(H,20,21). The number of anilines is 2. The maximum absolute atomic E-state index is 12.1. The van der Waals surface area contributed by atoms with Crippen molar-refractivity contribution in [2.24, 2.45) is 0 Å². The lowest BCUT2D eigenvalue weighted by molar-refractivity contribution is 0.102. The number of carbonyl (C=O) groups is 1. The Labute approximate surface area is 132 Å². The van der Waals surface area contributed by atoms with Gasteiger partial charge in [0, 0.05) is 16.7 Å². The minimum absolute atomic E-state index is 0.276. The van der Waals surface area contributed by atoms with Gasteiger partial charge in [-0.25, -0.2) is 9.97 Å². The molecule has 0 aliphatic rings. The lowest BCUT2D eigenvalue weighted by Gasteiger charge is -2.07. The second kappa shape index (κ2) is 7.17. The highest BCUT2D eigenvalue weighted by atomic mass is 79.9. The molecular weight excluding hydrogens is 332 g/mol. The first-order valence-electron chi connectivity index (χ1n) is 6.73. The molecule has 0 aliphatic heterocycles. The number of nitrogens with zero attached hydrogens (tertiary/aromatic N) is 2. The van der Waals surface area contributed by atoms with Crippen molar-refractivity contribution in [3.63, 3.8) is 0 Å². The molecule has 1 aromatic heterocycles. The molecule has 0 unspecified atom stereocenters. The van der Waals surface area contributed by atoms with Crippen molar-refractivity contribution in [3.8, 4) is 0 Å². The van der Waals surface area contributed by atoms with Crippen LogP contribution in [0.5, 0.6) is 0 Å². The van der Waals surface area contributed by atoms with Crippen LogP contribution in [0.3, 0.4) is 0 Å². The summed E-state index contributed by atoms with van der Waals surface area (Å²) in [5, 5.41) is 5.92. The Hall–Kier alpha value is -1.95. The van der Waals surface area contributed by atoms with Crippen molar-refractivity contribution >= 4 is 33.3 Å². The van der Waals surface area contributed by atoms with Crippen LogP contribution in [-0.2, 0) is 0 Å². The third-order valence-electron chi connectivity index (χ3n) is 2.74. The predicted octanol–water partition coefficient (Wildman–Crippen LogP) is 3.62. The summed E-state index contributed by atoms with van der Waals surface area (Å²) in [7, 11) is 0. The minimum atomic E-state index is -0.276. The van der Waals surface area contributed by atoms with Crippen LogP contribution in [0, 0.1) is 6.92 Å². The van der Waals surface area contributed by atoms with Crippen molar-refractivity contribution in [1.82, 2.24) is 9.97 Å². The number of hydrogen-bond donors (Lipinski definition) is 2. The van der Waals surface area contributed by atoms with Gasteiger partial charge in [-0.1, -0.05) is 22.9 Å². The van der Waals surface area contributed by atoms with E-state index in [0.29, 0.717) is 5.82 Å². The molecule has 21 heavy (non-hydrogen) atoms. The smallest absolute Gasteiger partial charge is 0.275 e. The zero-order valence-electron chi connectivity index (χ0n) is 12.0. The van der Waals surface area contributed by atoms with E-state index < -0.39 is 0 Å². The topological polar surface area (TPSA) is 66.9 Å². The first kappa shape index (κ1) is 15.4. The summed E-state index contributed by atoms with van der Waals surface area (Å²) in [4.78, 5) is 20.4. The summed E-state index contributed by atoms with van der Waals surface area (Å²) < 4.78 is 0.919. The van der Waals surface area contributed by atoms with Gasteiger partial charge in [0.15, 0.2) is 0 Å². The van der Waals surface area contributed by atoms with Gasteiger partial charge in [0.1, 0.15) is 11.5 Å². The number of rotatable bonds is 5. The molecule has 1 aromatic carbocycles. The van der Waals surface area contributed by atoms with Gasteiger partial charge in [0.05, 0.1) is 12.4 Å². The molecule has 0 radical (unpaired) electrons. The van der Waals surface area contributed by atoms with E-state index in [9.17, 15) is 4.79 Å². The Morgan fingerprint density at radius 2 is 2.05 bits per heavy atom. The van der Waals surface area contributed by atoms with Crippen LogP contribution in [0.2, 0.25) is 0 Å². The SMILES string of the molecule is CCCNc1cnc(C(=O)Nc2cc(C)cc(Br)c2)cn1. The van der Waals surface area contributed by atoms with E-state index in [-0.39, 0.29) is 11.6 Å². The van der Waals surface area contributed by atoms with Gasteiger partial charge >= 0.3 is 0 Å². The number of amides is 1. The summed E-state index contributed by atoms with van der Waals surface area (Å²) >= 11 is 3.41. The normalized spacial score (nSPS) is 10.2. The molecular formula is C15H17BrN4O. The number of benzene rings is 1. The fraction of sp³-hybridized carbons (Fsp3) is 0.267. The molecule has 0 saturated carbocycles. The third-order valence-corrected chi connectivity index (χ3v) is 3.20. The highest BCUT2D eigenvalue weighted by molar-refractivity contribution is 9.10. The van der Waals surface area contributed by atoms with E-state index in [1.165, 1.54) is 6.20 Å². The molecule has 2 N–H and O–H groups in total. The molecule has 0 bridgehead atoms. The molecule has 1 amide bonds. The van der Waals surface area contributed by atoms with Gasteiger partial charge in [-0.2, -0.15) is 0 Å². The summed E-state index contributed by atoms with van der Waals surface area (Å²) in [6, 6.07) is 5.71. The molecule has 6 heteroatoms. The van der Waals surface area contributed by atoms with Crippen molar-refractivity contribution in [1.29, 1.82) is 0 Å². The first-order chi connectivity index (χ1) is 10.1. The average Bonchev–Trinajstić information content (AvgIpc) is 2.44. The zero-order chi connectivity index (χ0) is 15.2. The van der Waals surface area contributed by atoms with Gasteiger partial charge in [-0.3, -0.25) is 4.79 Å². The molecule has 0 aliphatic carbocycles. The molecule has 0 atom stereocenters. The van der Waals surface area contributed by atoms with Gasteiger partial charge in [0.25, 0.3) is 5.91 Å². The number of halogens is 1. The largest absolute Gasteiger partial charge is 0.369 e. The minimum Gasteiger partial charge on any atom is -0.369 e. The third kappa shape index (κ3) is 4.53. The monoisotopic (exact) mass is 348 g/mol. The highest BCUT2D eigenvalue weighted by Gasteiger charge is 2.09. The number of aromatic nitrogens is 2. The maximum Gasteiger partial charge on any atom is 0.275 e. The summed E-state index contributed by atoms with van der Waals surface area (Å²) in [5.74, 6) is 0.397. The maximum atomic E-state index is 12.1. The van der Waals surface area contributed by atoms with E-state index in [1.807, 2.05) is 25.1 Å². The first-order valence-corrected chi connectivity index (χ1v) is 7.52. The van der Waals surface area contributed by atoms with Gasteiger partial charge in [0.2, 0.25) is 0 Å². The van der Waals surface area contributed by atoms with Gasteiger partial charge in [-0.05, 0) is 37.1 Å². The van der Waals surface area contributed by atoms with Crippen LogP contribution < -0.4 is 10.6 Å². The molecule has 0 fully saturated rings. The van der Waals surface area contributed by atoms with Crippen LogP contribution in [0.1, 0.15) is 29.4 Å². The molecule has 110 valence electrons. The number of aryl methyl sites for hydroxylation is 1. The van der Waals surface area contributed by atoms with Gasteiger partial charge in [-0.15, -0.1) is 0 Å². The second-order valence-electron chi connectivity index (χ2n) is 4.69. The van der Waals surface area contributed by atoms with Crippen molar-refractivity contribution in [2.45, 2.75) is 20.3 Å². The fourth-order valence-corrected chi connectivity index (χ4v) is 2.40. The van der Waals surface area contributed by atoms with Crippen LogP contribution in [0.15, 0.2) is 35.1 Å². The number of nitrogens with one attached hydrogen (secondary N) is 2. The molecule has 2 aromatic rings. The van der Waals surface area contributed by atoms with E-state index in [4.69, 9.17) is 0 Å². The van der Waals surface area contributed by atoms with E-state index in [1.54, 1.807) is 6.20 Å². The molecule has 0 saturated heterocycles. The molecule has 2 rings (SSSR count). The number of carbonyl (C=O) groups excluding carboxylic acids is 1. The molecule has 1 heterocycles. The summed E-state index contributed by atoms with van der Waals surface area (Å²) in [5.41, 5.74) is 2.07. The van der Waals surface area contributed by atoms with Crippen LogP contribution in [0.25, 0.3) is 0 Å². The van der Waals surface area contributed by atoms with Crippen molar-refractivity contribution < 1.29 is 4.79 Å². The fourth-order valence-electron chi connectivity index (χ4n) is 1.79. The second-order valence-corrected chi connectivity index (χ2v) is 5.60. The lowest BCUT2D eigenvalue weighted by atomic mass is 10.2. The Morgan fingerprint density at radius 3 is 2.67 bits per heavy atom. The highest BCUT2D eigenvalue weighted by Crippen LogP contribution is 2.19. The Morgan fingerprint density at radius 1 is 1.24 bits per heavy atom. The predicted molar refractivity (Wildman–Crippen MR) is 87.6 cm³/mol. The summed E-state index contributed by atoms with van der Waals surface area (Å²) in [6.07, 6.45) is 4.04. The quantitative estimate of drug-likeness (QED) is 0.865. The Bertz CT molecular complexity index is 608.